The van der Waals surface area contributed by atoms with Gasteiger partial charge in [-0.1, -0.05) is 24.3 Å². The molecule has 1 N–H and O–H groups in total. The zero-order chi connectivity index (χ0) is 9.76. The van der Waals surface area contributed by atoms with Crippen molar-refractivity contribution in [3.05, 3.63) is 24.3 Å². The van der Waals surface area contributed by atoms with Gasteiger partial charge in [0, 0.05) is 17.8 Å². The van der Waals surface area contributed by atoms with Gasteiger partial charge in [-0.3, -0.25) is 4.79 Å². The van der Waals surface area contributed by atoms with Crippen molar-refractivity contribution in [2.75, 3.05) is 0 Å². The van der Waals surface area contributed by atoms with E-state index in [1.165, 1.54) is 0 Å². The summed E-state index contributed by atoms with van der Waals surface area (Å²) in [5.74, 6) is 0.672. The lowest BCUT2D eigenvalue weighted by atomic mass is 9.56. The predicted molar refractivity (Wildman–Crippen MR) is 52.6 cm³/mol. The number of carbonyl (C=O) groups excluding carboxylic acids is 1. The number of fused-ring (bicyclic) bond motifs is 1. The molecule has 0 heterocycles. The molecule has 0 radical (unpaired) electrons. The van der Waals surface area contributed by atoms with Gasteiger partial charge in [-0.25, -0.2) is 0 Å². The van der Waals surface area contributed by atoms with Gasteiger partial charge in [0.15, 0.2) is 0 Å². The normalized spacial score (nSPS) is 49.5. The van der Waals surface area contributed by atoms with Gasteiger partial charge in [-0.15, -0.1) is 0 Å². The van der Waals surface area contributed by atoms with Crippen LogP contribution >= 0.6 is 0 Å². The Morgan fingerprint density at radius 1 is 1.36 bits per heavy atom. The highest BCUT2D eigenvalue weighted by atomic mass is 16.3. The van der Waals surface area contributed by atoms with E-state index in [1.807, 2.05) is 18.2 Å². The molecular weight excluding hydrogens is 176 g/mol. The third-order valence-electron chi connectivity index (χ3n) is 4.05. The highest BCUT2D eigenvalue weighted by Gasteiger charge is 2.53. The Morgan fingerprint density at radius 2 is 2.21 bits per heavy atom. The van der Waals surface area contributed by atoms with Gasteiger partial charge in [0.25, 0.3) is 0 Å². The van der Waals surface area contributed by atoms with Crippen LogP contribution < -0.4 is 0 Å². The van der Waals surface area contributed by atoms with Gasteiger partial charge in [-0.05, 0) is 18.8 Å². The molecule has 0 saturated heterocycles. The minimum absolute atomic E-state index is 0.0301. The number of aliphatic hydroxyl groups excluding tert-OH is 1. The van der Waals surface area contributed by atoms with E-state index in [-0.39, 0.29) is 11.3 Å². The molecule has 0 aromatic carbocycles. The van der Waals surface area contributed by atoms with Crippen LogP contribution in [0.1, 0.15) is 19.3 Å². The number of carbonyl (C=O) groups is 1. The van der Waals surface area contributed by atoms with E-state index < -0.39 is 6.10 Å². The maximum Gasteiger partial charge on any atom is 0.140 e. The summed E-state index contributed by atoms with van der Waals surface area (Å²) in [6.07, 6.45) is 10.2. The van der Waals surface area contributed by atoms with E-state index in [0.717, 1.165) is 12.8 Å². The smallest absolute Gasteiger partial charge is 0.140 e. The summed E-state index contributed by atoms with van der Waals surface area (Å²) >= 11 is 0. The van der Waals surface area contributed by atoms with Crippen LogP contribution in [0.2, 0.25) is 0 Å². The number of aliphatic hydroxyl groups is 1. The van der Waals surface area contributed by atoms with Crippen molar-refractivity contribution in [2.45, 2.75) is 25.4 Å². The van der Waals surface area contributed by atoms with E-state index in [4.69, 9.17) is 0 Å². The second kappa shape index (κ2) is 2.57. The molecule has 4 aliphatic carbocycles. The Labute approximate surface area is 83.3 Å². The Hall–Kier alpha value is -0.890. The van der Waals surface area contributed by atoms with E-state index in [0.29, 0.717) is 18.1 Å². The monoisotopic (exact) mass is 190 g/mol. The highest BCUT2D eigenvalue weighted by molar-refractivity contribution is 5.86. The molecule has 4 atom stereocenters. The Bertz CT molecular complexity index is 342. The second-order valence-electron chi connectivity index (χ2n) is 4.81. The van der Waals surface area contributed by atoms with Crippen molar-refractivity contribution >= 4 is 5.78 Å². The zero-order valence-corrected chi connectivity index (χ0v) is 8.02. The standard InChI is InChI=1S/C12H14O2/c13-10-6-8-3-4-9(10)12(7-8)5-1-2-11(12)14/h1-4,8-9,11,14H,5-7H2/t8-,9+,11+,12-/m0/s1. The van der Waals surface area contributed by atoms with Crippen molar-refractivity contribution in [1.29, 1.82) is 0 Å². The van der Waals surface area contributed by atoms with Crippen LogP contribution in [0.25, 0.3) is 0 Å². The first kappa shape index (κ1) is 8.42. The summed E-state index contributed by atoms with van der Waals surface area (Å²) in [5.41, 5.74) is -0.172. The summed E-state index contributed by atoms with van der Waals surface area (Å²) in [6, 6.07) is 0. The summed E-state index contributed by atoms with van der Waals surface area (Å²) in [7, 11) is 0. The summed E-state index contributed by atoms with van der Waals surface area (Å²) in [4.78, 5) is 11.8. The van der Waals surface area contributed by atoms with Crippen LogP contribution in [-0.2, 0) is 4.79 Å². The molecule has 14 heavy (non-hydrogen) atoms. The van der Waals surface area contributed by atoms with Crippen LogP contribution in [0.5, 0.6) is 0 Å². The predicted octanol–water partition coefficient (Wildman–Crippen LogP) is 1.46. The minimum atomic E-state index is -0.413. The van der Waals surface area contributed by atoms with Gasteiger partial charge < -0.3 is 5.11 Å². The molecule has 1 saturated carbocycles. The number of hydrogen-bond donors (Lipinski definition) is 1. The molecule has 2 heteroatoms. The number of rotatable bonds is 0. The summed E-state index contributed by atoms with van der Waals surface area (Å²) in [5, 5.41) is 9.97. The first-order valence-corrected chi connectivity index (χ1v) is 5.28. The fourth-order valence-corrected chi connectivity index (χ4v) is 3.34. The molecule has 1 fully saturated rings. The van der Waals surface area contributed by atoms with Crippen LogP contribution in [0, 0.1) is 17.3 Å². The van der Waals surface area contributed by atoms with Gasteiger partial charge >= 0.3 is 0 Å². The fraction of sp³-hybridized carbons (Fsp3) is 0.583. The molecule has 2 bridgehead atoms. The van der Waals surface area contributed by atoms with Gasteiger partial charge in [0.1, 0.15) is 5.78 Å². The molecule has 2 nitrogen and oxygen atoms in total. The molecule has 4 rings (SSSR count). The third-order valence-corrected chi connectivity index (χ3v) is 4.05. The number of Topliss-reactive ketones (excluding diaryl/α,β-unsaturated/α-hetero) is 1. The lowest BCUT2D eigenvalue weighted by Crippen LogP contribution is -2.48. The lowest BCUT2D eigenvalue weighted by Gasteiger charge is -2.47. The van der Waals surface area contributed by atoms with Crippen molar-refractivity contribution in [3.63, 3.8) is 0 Å². The summed E-state index contributed by atoms with van der Waals surface area (Å²) < 4.78 is 0. The largest absolute Gasteiger partial charge is 0.388 e. The van der Waals surface area contributed by atoms with E-state index in [2.05, 4.69) is 6.08 Å². The molecule has 0 aromatic heterocycles. The fourth-order valence-electron chi connectivity index (χ4n) is 3.34. The Morgan fingerprint density at radius 3 is 2.79 bits per heavy atom. The molecule has 74 valence electrons. The number of hydrogen-bond acceptors (Lipinski definition) is 2. The zero-order valence-electron chi connectivity index (χ0n) is 8.02. The highest BCUT2D eigenvalue weighted by Crippen LogP contribution is 2.53. The Balaban J connectivity index is 2.03. The van der Waals surface area contributed by atoms with Gasteiger partial charge in [0.05, 0.1) is 6.10 Å². The molecule has 0 aliphatic heterocycles. The molecule has 1 spiro atoms. The minimum Gasteiger partial charge on any atom is -0.388 e. The van der Waals surface area contributed by atoms with E-state index in [9.17, 15) is 9.90 Å². The molecule has 0 unspecified atom stereocenters. The quantitative estimate of drug-likeness (QED) is 0.587. The SMILES string of the molecule is O=C1C[C@@H]2C=C[C@H]1[C@]1(CC=C[C@H]1O)C2. The van der Waals surface area contributed by atoms with Crippen LogP contribution in [0.15, 0.2) is 24.3 Å². The Kier molecular flexibility index (Phi) is 1.55. The average molecular weight is 190 g/mol. The van der Waals surface area contributed by atoms with Gasteiger partial charge in [-0.2, -0.15) is 0 Å². The first-order valence-electron chi connectivity index (χ1n) is 5.28. The topological polar surface area (TPSA) is 37.3 Å². The maximum atomic E-state index is 11.8. The van der Waals surface area contributed by atoms with E-state index >= 15 is 0 Å². The average Bonchev–Trinajstić information content (AvgIpc) is 2.48. The molecule has 0 aromatic rings. The van der Waals surface area contributed by atoms with Crippen LogP contribution in [-0.4, -0.2) is 17.0 Å². The maximum absolute atomic E-state index is 11.8. The van der Waals surface area contributed by atoms with Crippen LogP contribution in [0.4, 0.5) is 0 Å². The van der Waals surface area contributed by atoms with Crippen molar-refractivity contribution in [3.8, 4) is 0 Å². The number of ketones is 1. The third kappa shape index (κ3) is 0.871. The van der Waals surface area contributed by atoms with Crippen molar-refractivity contribution < 1.29 is 9.90 Å². The first-order chi connectivity index (χ1) is 6.72. The second-order valence-corrected chi connectivity index (χ2v) is 4.81. The lowest BCUT2D eigenvalue weighted by molar-refractivity contribution is -0.134. The van der Waals surface area contributed by atoms with Crippen molar-refractivity contribution in [1.82, 2.24) is 0 Å². The molecular formula is C12H14O2. The van der Waals surface area contributed by atoms with E-state index in [1.54, 1.807) is 0 Å². The molecule has 4 aliphatic rings. The van der Waals surface area contributed by atoms with Gasteiger partial charge in [0.2, 0.25) is 0 Å². The number of allylic oxidation sites excluding steroid dienone is 3. The summed E-state index contributed by atoms with van der Waals surface area (Å²) in [6.45, 7) is 0. The molecule has 0 amide bonds. The van der Waals surface area contributed by atoms with Crippen molar-refractivity contribution in [2.24, 2.45) is 17.3 Å². The van der Waals surface area contributed by atoms with Crippen LogP contribution in [0.3, 0.4) is 0 Å².